The molecule has 9 aromatic rings. The average molecular weight is 873 g/mol. The van der Waals surface area contributed by atoms with Crippen LogP contribution in [0.15, 0.2) is 206 Å². The third-order valence-corrected chi connectivity index (χ3v) is 16.0. The van der Waals surface area contributed by atoms with Gasteiger partial charge in [0.2, 0.25) is 0 Å². The van der Waals surface area contributed by atoms with Crippen molar-refractivity contribution in [2.24, 2.45) is 0 Å². The molecule has 8 heteroatoms. The van der Waals surface area contributed by atoms with Crippen LogP contribution in [0.1, 0.15) is 49.9 Å². The van der Waals surface area contributed by atoms with Gasteiger partial charge >= 0.3 is 14.0 Å². The first-order chi connectivity index (χ1) is 33.3. The van der Waals surface area contributed by atoms with Crippen molar-refractivity contribution in [3.8, 4) is 0 Å². The number of nitrogens with zero attached hydrogens (tertiary/aromatic N) is 6. The third-order valence-electron chi connectivity index (χ3n) is 16.0. The number of fused-ring (bicyclic) bond motifs is 18. The number of para-hydroxylation sites is 8. The van der Waals surface area contributed by atoms with E-state index in [1.807, 2.05) is 0 Å². The largest absolute Gasteiger partial charge is 0.422 e. The lowest BCUT2D eigenvalue weighted by Crippen LogP contribution is -2.53. The molecule has 6 heterocycles. The minimum atomic E-state index is -0.233. The minimum Gasteiger partial charge on any atom is -0.360 e. The van der Waals surface area contributed by atoms with Crippen LogP contribution >= 0.6 is 0 Å². The summed E-state index contributed by atoms with van der Waals surface area (Å²) in [5.41, 5.74) is 24.1. The Hall–Kier alpha value is -8.09. The van der Waals surface area contributed by atoms with Gasteiger partial charge in [-0.25, -0.2) is 0 Å². The second-order valence-corrected chi connectivity index (χ2v) is 20.1. The highest BCUT2D eigenvalue weighted by Crippen LogP contribution is 2.64. The SMILES string of the molecule is CC1(C)c2ccccc2N2c3ccccc3B3N(c4ccccc4)c4cc5c(cc4N3c3cccc1c32)N(c1ccccc1)B1c2ccccc2N2c3ccccc3C(C)(C)c3cccc(c32)N15. The first-order valence-corrected chi connectivity index (χ1v) is 24.0. The maximum Gasteiger partial charge on any atom is 0.422 e. The molecule has 6 nitrogen and oxygen atoms in total. The topological polar surface area (TPSA) is 19.4 Å². The Bertz CT molecular complexity index is 3370. The van der Waals surface area contributed by atoms with E-state index in [1.54, 1.807) is 0 Å². The van der Waals surface area contributed by atoms with Crippen molar-refractivity contribution in [1.29, 1.82) is 0 Å². The van der Waals surface area contributed by atoms with Crippen LogP contribution < -0.4 is 40.0 Å². The van der Waals surface area contributed by atoms with Crippen molar-refractivity contribution >= 4 is 105 Å². The number of hydrogen-bond acceptors (Lipinski definition) is 6. The molecule has 0 saturated heterocycles. The summed E-state index contributed by atoms with van der Waals surface area (Å²) < 4.78 is 0. The van der Waals surface area contributed by atoms with Gasteiger partial charge in [-0.15, -0.1) is 0 Å². The maximum absolute atomic E-state index is 2.66. The lowest BCUT2D eigenvalue weighted by atomic mass is 9.63. The van der Waals surface area contributed by atoms with Crippen LogP contribution in [-0.2, 0) is 10.8 Å². The van der Waals surface area contributed by atoms with Crippen LogP contribution in [0.5, 0.6) is 0 Å². The number of benzene rings is 9. The van der Waals surface area contributed by atoms with Gasteiger partial charge in [0.1, 0.15) is 0 Å². The molecule has 0 radical (unpaired) electrons. The standard InChI is InChI=1S/C60H46B2N6/c1-59(2)41-25-11-15-31-47(41)63-49-33-17-13-29-45(49)61-65(39-21-7-5-8-22-39)53-38-56-54(37-55(53)67(61)51-35-19-27-43(59)57(51)63)66(40-23-9-6-10-24-40)62-46-30-14-18-34-50(46)64-48-32-16-12-26-42(48)60(3,4)44-28-20-36-52(58(44)64)68(56)62/h5-38H,1-4H3. The molecule has 68 heavy (non-hydrogen) atoms. The Labute approximate surface area is 398 Å². The normalized spacial score (nSPS) is 16.5. The monoisotopic (exact) mass is 872 g/mol. The van der Waals surface area contributed by atoms with Gasteiger partial charge in [0.05, 0.1) is 56.9 Å². The summed E-state index contributed by atoms with van der Waals surface area (Å²) in [6, 6.07) is 77.5. The Morgan fingerprint density at radius 1 is 0.279 bits per heavy atom. The van der Waals surface area contributed by atoms with Gasteiger partial charge in [0.25, 0.3) is 0 Å². The Morgan fingerprint density at radius 3 is 1.03 bits per heavy atom. The van der Waals surface area contributed by atoms with Crippen LogP contribution in [0.2, 0.25) is 0 Å². The van der Waals surface area contributed by atoms with Crippen molar-refractivity contribution in [2.75, 3.05) is 29.0 Å². The quantitative estimate of drug-likeness (QED) is 0.160. The zero-order valence-electron chi connectivity index (χ0n) is 38.5. The van der Waals surface area contributed by atoms with Crippen LogP contribution in [0.3, 0.4) is 0 Å². The maximum atomic E-state index is 2.66. The summed E-state index contributed by atoms with van der Waals surface area (Å²) in [5, 5.41) is 0. The fourth-order valence-corrected chi connectivity index (χ4v) is 13.1. The van der Waals surface area contributed by atoms with Crippen LogP contribution in [0, 0.1) is 0 Å². The van der Waals surface area contributed by atoms with E-state index in [1.165, 1.54) is 101 Å². The van der Waals surface area contributed by atoms with Gasteiger partial charge in [-0.2, -0.15) is 0 Å². The smallest absolute Gasteiger partial charge is 0.360 e. The lowest BCUT2D eigenvalue weighted by Gasteiger charge is -2.43. The predicted molar refractivity (Wildman–Crippen MR) is 285 cm³/mol. The molecule has 0 aromatic heterocycles. The molecule has 6 aliphatic heterocycles. The lowest BCUT2D eigenvalue weighted by molar-refractivity contribution is 0.632. The van der Waals surface area contributed by atoms with Crippen LogP contribution in [0.25, 0.3) is 0 Å². The van der Waals surface area contributed by atoms with Gasteiger partial charge in [-0.3, -0.25) is 0 Å². The zero-order valence-corrected chi connectivity index (χ0v) is 38.5. The highest BCUT2D eigenvalue weighted by molar-refractivity contribution is 6.87. The van der Waals surface area contributed by atoms with Crippen molar-refractivity contribution in [2.45, 2.75) is 38.5 Å². The molecule has 0 saturated carbocycles. The second-order valence-electron chi connectivity index (χ2n) is 20.1. The summed E-state index contributed by atoms with van der Waals surface area (Å²) in [5.74, 6) is 0. The van der Waals surface area contributed by atoms with Gasteiger partial charge in [0, 0.05) is 33.6 Å². The molecular weight excluding hydrogens is 826 g/mol. The van der Waals surface area contributed by atoms with Crippen molar-refractivity contribution in [3.63, 3.8) is 0 Å². The molecule has 0 fully saturated rings. The van der Waals surface area contributed by atoms with E-state index in [9.17, 15) is 0 Å². The Balaban J connectivity index is 1.06. The van der Waals surface area contributed by atoms with E-state index in [2.05, 4.69) is 263 Å². The highest BCUT2D eigenvalue weighted by Gasteiger charge is 2.55. The summed E-state index contributed by atoms with van der Waals surface area (Å²) in [4.78, 5) is 15.7. The van der Waals surface area contributed by atoms with E-state index in [0.717, 1.165) is 11.4 Å². The molecule has 15 rings (SSSR count). The average Bonchev–Trinajstić information content (AvgIpc) is 3.79. The van der Waals surface area contributed by atoms with Gasteiger partial charge < -0.3 is 29.0 Å². The van der Waals surface area contributed by atoms with E-state index in [-0.39, 0.29) is 24.8 Å². The molecule has 0 aliphatic carbocycles. The van der Waals surface area contributed by atoms with Crippen molar-refractivity contribution < 1.29 is 0 Å². The van der Waals surface area contributed by atoms with E-state index in [4.69, 9.17) is 0 Å². The summed E-state index contributed by atoms with van der Waals surface area (Å²) in [6.07, 6.45) is 0. The number of anilines is 14. The summed E-state index contributed by atoms with van der Waals surface area (Å²) in [7, 11) is 0. The van der Waals surface area contributed by atoms with Crippen molar-refractivity contribution in [1.82, 2.24) is 0 Å². The molecule has 0 unspecified atom stereocenters. The van der Waals surface area contributed by atoms with Crippen LogP contribution in [0.4, 0.5) is 79.6 Å². The molecule has 0 spiro atoms. The molecule has 322 valence electrons. The first kappa shape index (κ1) is 38.1. The summed E-state index contributed by atoms with van der Waals surface area (Å²) in [6.45, 7) is 9.19. The highest BCUT2D eigenvalue weighted by atomic mass is 15.4. The second kappa shape index (κ2) is 13.3. The third kappa shape index (κ3) is 4.69. The van der Waals surface area contributed by atoms with Crippen molar-refractivity contribution in [3.05, 3.63) is 229 Å². The molecule has 0 N–H and O–H groups in total. The summed E-state index contributed by atoms with van der Waals surface area (Å²) >= 11 is 0. The van der Waals surface area contributed by atoms with Gasteiger partial charge in [0.15, 0.2) is 0 Å². The molecular formula is C60H46B2N6. The number of hydrogen-bond donors (Lipinski definition) is 0. The van der Waals surface area contributed by atoms with Gasteiger partial charge in [-0.1, -0.05) is 161 Å². The Morgan fingerprint density at radius 2 is 0.603 bits per heavy atom. The van der Waals surface area contributed by atoms with E-state index in [0.29, 0.717) is 0 Å². The van der Waals surface area contributed by atoms with E-state index < -0.39 is 0 Å². The fourth-order valence-electron chi connectivity index (χ4n) is 13.1. The van der Waals surface area contributed by atoms with Crippen LogP contribution in [-0.4, -0.2) is 14.0 Å². The van der Waals surface area contributed by atoms with E-state index >= 15 is 0 Å². The van der Waals surface area contributed by atoms with Gasteiger partial charge in [-0.05, 0) is 106 Å². The zero-order chi connectivity index (χ0) is 45.2. The minimum absolute atomic E-state index is 0.193. The number of rotatable bonds is 2. The molecule has 0 bridgehead atoms. The fraction of sp³-hybridized carbons (Fsp3) is 0.100. The molecule has 6 aliphatic rings. The molecule has 0 amide bonds. The Kier molecular flexibility index (Phi) is 7.44. The molecule has 0 atom stereocenters. The molecule has 9 aromatic carbocycles. The predicted octanol–water partition coefficient (Wildman–Crippen LogP) is 13.9. The first-order valence-electron chi connectivity index (χ1n) is 24.0.